The second-order valence-corrected chi connectivity index (χ2v) is 4.85. The van der Waals surface area contributed by atoms with Crippen molar-refractivity contribution in [2.24, 2.45) is 0 Å². The first-order chi connectivity index (χ1) is 8.71. The summed E-state index contributed by atoms with van der Waals surface area (Å²) < 4.78 is 5.11. The fraction of sp³-hybridized carbons (Fsp3) is 0.417. The van der Waals surface area contributed by atoms with E-state index < -0.39 is 0 Å². The van der Waals surface area contributed by atoms with Crippen molar-refractivity contribution in [2.45, 2.75) is 20.0 Å². The Kier molecular flexibility index (Phi) is 4.22. The third-order valence-electron chi connectivity index (χ3n) is 2.35. The highest BCUT2D eigenvalue weighted by Crippen LogP contribution is 2.14. The molecule has 0 unspecified atom stereocenters. The molecular formula is C12H16N4OS. The van der Waals surface area contributed by atoms with Crippen LogP contribution in [0.3, 0.4) is 0 Å². The summed E-state index contributed by atoms with van der Waals surface area (Å²) in [5, 5.41) is 6.10. The summed E-state index contributed by atoms with van der Waals surface area (Å²) in [4.78, 5) is 13.3. The molecule has 96 valence electrons. The Bertz CT molecular complexity index is 527. The van der Waals surface area contributed by atoms with Crippen LogP contribution in [-0.2, 0) is 17.8 Å². The molecule has 0 aromatic carbocycles. The van der Waals surface area contributed by atoms with Crippen molar-refractivity contribution in [3.05, 3.63) is 33.7 Å². The van der Waals surface area contributed by atoms with Gasteiger partial charge in [-0.2, -0.15) is 0 Å². The molecule has 18 heavy (non-hydrogen) atoms. The second-order valence-electron chi connectivity index (χ2n) is 3.90. The first-order valence-corrected chi connectivity index (χ1v) is 6.53. The number of hydrogen-bond acceptors (Lipinski definition) is 6. The van der Waals surface area contributed by atoms with Gasteiger partial charge >= 0.3 is 0 Å². The molecule has 0 aliphatic carbocycles. The third-order valence-corrected chi connectivity index (χ3v) is 3.32. The summed E-state index contributed by atoms with van der Waals surface area (Å²) in [5.41, 5.74) is 1.91. The zero-order valence-electron chi connectivity index (χ0n) is 10.7. The zero-order chi connectivity index (χ0) is 13.0. The van der Waals surface area contributed by atoms with Gasteiger partial charge in [0.15, 0.2) is 0 Å². The summed E-state index contributed by atoms with van der Waals surface area (Å²) in [6.45, 7) is 2.47. The van der Waals surface area contributed by atoms with Crippen molar-refractivity contribution in [3.8, 4) is 0 Å². The van der Waals surface area contributed by atoms with Crippen LogP contribution in [0.15, 0.2) is 11.4 Å². The minimum atomic E-state index is 0.487. The van der Waals surface area contributed by atoms with Crippen LogP contribution in [0.4, 0.5) is 5.82 Å². The van der Waals surface area contributed by atoms with E-state index in [-0.39, 0.29) is 0 Å². The maximum atomic E-state index is 5.11. The van der Waals surface area contributed by atoms with Gasteiger partial charge in [0.05, 0.1) is 18.7 Å². The van der Waals surface area contributed by atoms with Crippen LogP contribution in [0.1, 0.15) is 22.2 Å². The molecule has 2 aromatic heterocycles. The number of anilines is 1. The van der Waals surface area contributed by atoms with Crippen LogP contribution < -0.4 is 5.32 Å². The molecule has 2 aromatic rings. The highest BCUT2D eigenvalue weighted by molar-refractivity contribution is 7.09. The number of rotatable bonds is 5. The Balaban J connectivity index is 2.23. The number of ether oxygens (including phenoxy) is 1. The quantitative estimate of drug-likeness (QED) is 0.895. The summed E-state index contributed by atoms with van der Waals surface area (Å²) >= 11 is 1.63. The van der Waals surface area contributed by atoms with Crippen LogP contribution in [0, 0.1) is 6.92 Å². The first kappa shape index (κ1) is 12.9. The Hall–Kier alpha value is -1.53. The molecule has 0 saturated heterocycles. The molecule has 2 rings (SSSR count). The van der Waals surface area contributed by atoms with Gasteiger partial charge in [-0.05, 0) is 6.92 Å². The highest BCUT2D eigenvalue weighted by Gasteiger charge is 2.07. The molecule has 6 heteroatoms. The van der Waals surface area contributed by atoms with E-state index >= 15 is 0 Å². The lowest BCUT2D eigenvalue weighted by molar-refractivity contribution is 0.181. The first-order valence-electron chi connectivity index (χ1n) is 5.66. The van der Waals surface area contributed by atoms with E-state index in [0.29, 0.717) is 13.0 Å². The molecule has 1 N–H and O–H groups in total. The van der Waals surface area contributed by atoms with Crippen molar-refractivity contribution in [1.29, 1.82) is 0 Å². The number of thiazole rings is 1. The molecule has 0 amide bonds. The van der Waals surface area contributed by atoms with Gasteiger partial charge in [-0.15, -0.1) is 11.3 Å². The largest absolute Gasteiger partial charge is 0.378 e. The average Bonchev–Trinajstić information content (AvgIpc) is 2.75. The van der Waals surface area contributed by atoms with E-state index in [1.54, 1.807) is 18.4 Å². The van der Waals surface area contributed by atoms with Gasteiger partial charge in [0.2, 0.25) is 0 Å². The molecule has 0 atom stereocenters. The lowest BCUT2D eigenvalue weighted by Crippen LogP contribution is -2.05. The van der Waals surface area contributed by atoms with Gasteiger partial charge in [-0.25, -0.2) is 15.0 Å². The predicted octanol–water partition coefficient (Wildman–Crippen LogP) is 2.02. The van der Waals surface area contributed by atoms with Gasteiger partial charge in [-0.1, -0.05) is 0 Å². The van der Waals surface area contributed by atoms with Gasteiger partial charge < -0.3 is 10.1 Å². The molecule has 0 spiro atoms. The maximum absolute atomic E-state index is 5.11. The zero-order valence-corrected chi connectivity index (χ0v) is 11.5. The number of nitrogens with zero attached hydrogens (tertiary/aromatic N) is 3. The maximum Gasteiger partial charge on any atom is 0.137 e. The van der Waals surface area contributed by atoms with Crippen molar-refractivity contribution in [3.63, 3.8) is 0 Å². The summed E-state index contributed by atoms with van der Waals surface area (Å²) in [5.74, 6) is 1.57. The van der Waals surface area contributed by atoms with Crippen LogP contribution in [0.2, 0.25) is 0 Å². The standard InChI is InChI=1S/C12H16N4OS/c1-8-7-18-12(14-8)5-11-15-9(6-17-3)4-10(13-2)16-11/h4,7H,5-6H2,1-3H3,(H,13,15,16). The SMILES string of the molecule is CNc1cc(COC)nc(Cc2nc(C)cs2)n1. The molecule has 5 nitrogen and oxygen atoms in total. The normalized spacial score (nSPS) is 10.6. The molecule has 0 aliphatic rings. The smallest absolute Gasteiger partial charge is 0.137 e. The van der Waals surface area contributed by atoms with Gasteiger partial charge in [0, 0.05) is 31.3 Å². The van der Waals surface area contributed by atoms with Crippen LogP contribution >= 0.6 is 11.3 Å². The topological polar surface area (TPSA) is 59.9 Å². The third kappa shape index (κ3) is 3.24. The van der Waals surface area contributed by atoms with Crippen LogP contribution in [-0.4, -0.2) is 29.1 Å². The Morgan fingerprint density at radius 1 is 1.33 bits per heavy atom. The van der Waals surface area contributed by atoms with E-state index in [9.17, 15) is 0 Å². The lowest BCUT2D eigenvalue weighted by atomic mass is 10.3. The minimum Gasteiger partial charge on any atom is -0.378 e. The van der Waals surface area contributed by atoms with Crippen molar-refractivity contribution in [1.82, 2.24) is 15.0 Å². The van der Waals surface area contributed by atoms with Gasteiger partial charge in [0.25, 0.3) is 0 Å². The minimum absolute atomic E-state index is 0.487. The fourth-order valence-electron chi connectivity index (χ4n) is 1.60. The second kappa shape index (κ2) is 5.88. The molecule has 0 fully saturated rings. The van der Waals surface area contributed by atoms with Crippen molar-refractivity contribution in [2.75, 3.05) is 19.5 Å². The summed E-state index contributed by atoms with van der Waals surface area (Å²) in [7, 11) is 3.50. The van der Waals surface area contributed by atoms with Gasteiger partial charge in [-0.3, -0.25) is 0 Å². The summed E-state index contributed by atoms with van der Waals surface area (Å²) in [6.07, 6.45) is 0.657. The van der Waals surface area contributed by atoms with Crippen molar-refractivity contribution >= 4 is 17.2 Å². The van der Waals surface area contributed by atoms with E-state index in [1.165, 1.54) is 0 Å². The Morgan fingerprint density at radius 3 is 2.78 bits per heavy atom. The Morgan fingerprint density at radius 2 is 2.17 bits per heavy atom. The lowest BCUT2D eigenvalue weighted by Gasteiger charge is -2.06. The molecular weight excluding hydrogens is 248 g/mol. The highest BCUT2D eigenvalue weighted by atomic mass is 32.1. The number of nitrogens with one attached hydrogen (secondary N) is 1. The summed E-state index contributed by atoms with van der Waals surface area (Å²) in [6, 6.07) is 1.89. The van der Waals surface area contributed by atoms with E-state index in [4.69, 9.17) is 4.74 Å². The average molecular weight is 264 g/mol. The van der Waals surface area contributed by atoms with E-state index in [1.807, 2.05) is 25.4 Å². The monoisotopic (exact) mass is 264 g/mol. The van der Waals surface area contributed by atoms with Crippen molar-refractivity contribution < 1.29 is 4.74 Å². The number of aromatic nitrogens is 3. The van der Waals surface area contributed by atoms with Gasteiger partial charge in [0.1, 0.15) is 16.6 Å². The Labute approximate surface area is 110 Å². The molecule has 0 saturated carbocycles. The number of hydrogen-bond donors (Lipinski definition) is 1. The predicted molar refractivity (Wildman–Crippen MR) is 71.9 cm³/mol. The molecule has 0 aliphatic heterocycles. The number of aryl methyl sites for hydroxylation is 1. The molecule has 0 bridgehead atoms. The molecule has 2 heterocycles. The van der Waals surface area contributed by atoms with E-state index in [0.717, 1.165) is 28.0 Å². The number of methoxy groups -OCH3 is 1. The van der Waals surface area contributed by atoms with Crippen LogP contribution in [0.5, 0.6) is 0 Å². The fourth-order valence-corrected chi connectivity index (χ4v) is 2.37. The molecule has 0 radical (unpaired) electrons. The van der Waals surface area contributed by atoms with E-state index in [2.05, 4.69) is 20.3 Å². The van der Waals surface area contributed by atoms with Crippen LogP contribution in [0.25, 0.3) is 0 Å².